The molecule has 0 saturated carbocycles. The van der Waals surface area contributed by atoms with Gasteiger partial charge in [-0.25, -0.2) is 0 Å². The highest BCUT2D eigenvalue weighted by atomic mass is 35.5. The molecule has 0 N–H and O–H groups in total. The van der Waals surface area contributed by atoms with Gasteiger partial charge in [-0.05, 0) is 56.2 Å². The monoisotopic (exact) mass is 375 g/mol. The van der Waals surface area contributed by atoms with Crippen molar-refractivity contribution in [3.63, 3.8) is 0 Å². The van der Waals surface area contributed by atoms with E-state index in [0.29, 0.717) is 16.1 Å². The van der Waals surface area contributed by atoms with Gasteiger partial charge in [-0.3, -0.25) is 9.59 Å². The number of carbonyl (C=O) groups is 2. The van der Waals surface area contributed by atoms with E-state index in [1.165, 1.54) is 0 Å². The fourth-order valence-electron chi connectivity index (χ4n) is 3.70. The molecule has 0 fully saturated rings. The molecule has 1 aliphatic rings. The van der Waals surface area contributed by atoms with Crippen LogP contribution in [0.1, 0.15) is 43.2 Å². The van der Waals surface area contributed by atoms with Gasteiger partial charge in [0.05, 0.1) is 5.57 Å². The van der Waals surface area contributed by atoms with Crippen LogP contribution in [-0.2, 0) is 0 Å². The highest BCUT2D eigenvalue weighted by Gasteiger charge is 2.32. The molecule has 27 heavy (non-hydrogen) atoms. The van der Waals surface area contributed by atoms with Gasteiger partial charge >= 0.3 is 0 Å². The van der Waals surface area contributed by atoms with Crippen molar-refractivity contribution in [1.82, 2.24) is 4.57 Å². The standard InChI is InChI=1S/C23H18ClNO2/c1-13-11-16(15(3)25(13)21-10-6-9-20(24)14(21)2)12-19-22(26)17-7-4-5-8-18(17)23(19)27/h4-12H,1-3H3. The highest BCUT2D eigenvalue weighted by molar-refractivity contribution is 6.41. The minimum atomic E-state index is -0.209. The average molecular weight is 376 g/mol. The van der Waals surface area contributed by atoms with E-state index in [2.05, 4.69) is 4.57 Å². The molecule has 0 bridgehead atoms. The van der Waals surface area contributed by atoms with Gasteiger partial charge in [0.1, 0.15) is 0 Å². The van der Waals surface area contributed by atoms with E-state index in [1.807, 2.05) is 45.0 Å². The van der Waals surface area contributed by atoms with Crippen molar-refractivity contribution in [2.45, 2.75) is 20.8 Å². The summed E-state index contributed by atoms with van der Waals surface area (Å²) < 4.78 is 2.10. The first-order valence-electron chi connectivity index (χ1n) is 8.74. The molecule has 1 aliphatic carbocycles. The minimum absolute atomic E-state index is 0.209. The topological polar surface area (TPSA) is 39.1 Å². The number of ketones is 2. The van der Waals surface area contributed by atoms with Crippen LogP contribution in [0.15, 0.2) is 54.1 Å². The first-order chi connectivity index (χ1) is 12.9. The van der Waals surface area contributed by atoms with Gasteiger partial charge in [0, 0.05) is 33.2 Å². The Balaban J connectivity index is 1.84. The molecule has 0 spiro atoms. The fraction of sp³-hybridized carbons (Fsp3) is 0.130. The van der Waals surface area contributed by atoms with Crippen LogP contribution in [0.3, 0.4) is 0 Å². The van der Waals surface area contributed by atoms with E-state index in [0.717, 1.165) is 28.2 Å². The predicted molar refractivity (Wildman–Crippen MR) is 108 cm³/mol. The molecule has 0 aliphatic heterocycles. The molecule has 0 atom stereocenters. The van der Waals surface area contributed by atoms with Crippen molar-refractivity contribution in [2.75, 3.05) is 0 Å². The predicted octanol–water partition coefficient (Wildman–Crippen LogP) is 5.52. The number of fused-ring (bicyclic) bond motifs is 1. The third kappa shape index (κ3) is 2.66. The maximum atomic E-state index is 12.7. The van der Waals surface area contributed by atoms with Crippen LogP contribution in [0.4, 0.5) is 0 Å². The number of rotatable bonds is 2. The Morgan fingerprint density at radius 2 is 1.52 bits per heavy atom. The van der Waals surface area contributed by atoms with E-state index >= 15 is 0 Å². The normalized spacial score (nSPS) is 13.3. The largest absolute Gasteiger partial charge is 0.318 e. The lowest BCUT2D eigenvalue weighted by Crippen LogP contribution is -2.03. The molecule has 1 aromatic heterocycles. The third-order valence-corrected chi connectivity index (χ3v) is 5.57. The fourth-order valence-corrected chi connectivity index (χ4v) is 3.87. The lowest BCUT2D eigenvalue weighted by molar-refractivity contribution is 0.0990. The minimum Gasteiger partial charge on any atom is -0.318 e. The Hall–Kier alpha value is -2.91. The number of halogens is 1. The third-order valence-electron chi connectivity index (χ3n) is 5.16. The Labute approximate surface area is 162 Å². The molecular weight excluding hydrogens is 358 g/mol. The molecule has 3 nitrogen and oxygen atoms in total. The zero-order valence-electron chi connectivity index (χ0n) is 15.3. The quantitative estimate of drug-likeness (QED) is 0.437. The Kier molecular flexibility index (Phi) is 4.12. The summed E-state index contributed by atoms with van der Waals surface area (Å²) in [5.74, 6) is -0.418. The van der Waals surface area contributed by atoms with Crippen LogP contribution in [0.5, 0.6) is 0 Å². The van der Waals surface area contributed by atoms with Crippen LogP contribution in [0, 0.1) is 20.8 Å². The molecule has 1 heterocycles. The molecule has 0 amide bonds. The molecule has 2 aromatic carbocycles. The Morgan fingerprint density at radius 3 is 2.15 bits per heavy atom. The second-order valence-electron chi connectivity index (χ2n) is 6.81. The smallest absolute Gasteiger partial charge is 0.197 e. The zero-order chi connectivity index (χ0) is 19.3. The first kappa shape index (κ1) is 17.5. The van der Waals surface area contributed by atoms with Crippen LogP contribution < -0.4 is 0 Å². The van der Waals surface area contributed by atoms with Crippen molar-refractivity contribution in [1.29, 1.82) is 0 Å². The van der Waals surface area contributed by atoms with E-state index < -0.39 is 0 Å². The molecule has 0 unspecified atom stereocenters. The Bertz CT molecular complexity index is 1110. The molecule has 134 valence electrons. The maximum Gasteiger partial charge on any atom is 0.197 e. The van der Waals surface area contributed by atoms with Crippen molar-refractivity contribution in [2.24, 2.45) is 0 Å². The molecule has 3 aromatic rings. The van der Waals surface area contributed by atoms with Crippen LogP contribution in [-0.4, -0.2) is 16.1 Å². The molecule has 4 heteroatoms. The number of carbonyl (C=O) groups excluding carboxylic acids is 2. The second kappa shape index (κ2) is 6.36. The number of allylic oxidation sites excluding steroid dienone is 1. The van der Waals surface area contributed by atoms with Crippen LogP contribution in [0.25, 0.3) is 11.8 Å². The first-order valence-corrected chi connectivity index (χ1v) is 9.12. The van der Waals surface area contributed by atoms with E-state index in [4.69, 9.17) is 11.6 Å². The average Bonchev–Trinajstić information content (AvgIpc) is 3.06. The summed E-state index contributed by atoms with van der Waals surface area (Å²) in [6.45, 7) is 5.97. The summed E-state index contributed by atoms with van der Waals surface area (Å²) >= 11 is 6.29. The number of benzene rings is 2. The molecule has 0 radical (unpaired) electrons. The van der Waals surface area contributed by atoms with Crippen molar-refractivity contribution in [3.05, 3.63) is 92.8 Å². The lowest BCUT2D eigenvalue weighted by atomic mass is 10.1. The van der Waals surface area contributed by atoms with E-state index in [-0.39, 0.29) is 17.1 Å². The van der Waals surface area contributed by atoms with Gasteiger partial charge in [0.15, 0.2) is 11.6 Å². The molecule has 4 rings (SSSR count). The summed E-state index contributed by atoms with van der Waals surface area (Å²) in [6, 6.07) is 14.8. The van der Waals surface area contributed by atoms with E-state index in [1.54, 1.807) is 30.3 Å². The zero-order valence-corrected chi connectivity index (χ0v) is 16.1. The summed E-state index contributed by atoms with van der Waals surface area (Å²) in [5.41, 5.74) is 5.99. The van der Waals surface area contributed by atoms with E-state index in [9.17, 15) is 9.59 Å². The molecule has 0 saturated heterocycles. The number of aryl methyl sites for hydroxylation is 1. The number of hydrogen-bond acceptors (Lipinski definition) is 2. The van der Waals surface area contributed by atoms with Crippen LogP contribution in [0.2, 0.25) is 5.02 Å². The van der Waals surface area contributed by atoms with Crippen molar-refractivity contribution >= 4 is 29.2 Å². The van der Waals surface area contributed by atoms with Crippen LogP contribution >= 0.6 is 11.6 Å². The Morgan fingerprint density at radius 1 is 0.889 bits per heavy atom. The number of Topliss-reactive ketones (excluding diaryl/α,β-unsaturated/α-hetero) is 2. The van der Waals surface area contributed by atoms with Crippen molar-refractivity contribution < 1.29 is 9.59 Å². The van der Waals surface area contributed by atoms with Crippen molar-refractivity contribution in [3.8, 4) is 5.69 Å². The van der Waals surface area contributed by atoms with Gasteiger partial charge in [0.2, 0.25) is 0 Å². The summed E-state index contributed by atoms with van der Waals surface area (Å²) in [7, 11) is 0. The summed E-state index contributed by atoms with van der Waals surface area (Å²) in [6.07, 6.45) is 1.71. The lowest BCUT2D eigenvalue weighted by Gasteiger charge is -2.13. The van der Waals surface area contributed by atoms with Gasteiger partial charge < -0.3 is 4.57 Å². The molecular formula is C23H18ClNO2. The van der Waals surface area contributed by atoms with Gasteiger partial charge in [0.25, 0.3) is 0 Å². The van der Waals surface area contributed by atoms with Gasteiger partial charge in [-0.15, -0.1) is 0 Å². The SMILES string of the molecule is Cc1c(Cl)cccc1-n1c(C)cc(C=C2C(=O)c3ccccc3C2=O)c1C. The van der Waals surface area contributed by atoms with Gasteiger partial charge in [-0.1, -0.05) is 41.9 Å². The number of aromatic nitrogens is 1. The summed E-state index contributed by atoms with van der Waals surface area (Å²) in [5, 5.41) is 0.705. The highest BCUT2D eigenvalue weighted by Crippen LogP contribution is 2.31. The summed E-state index contributed by atoms with van der Waals surface area (Å²) in [4.78, 5) is 25.3. The second-order valence-corrected chi connectivity index (χ2v) is 7.21. The van der Waals surface area contributed by atoms with Gasteiger partial charge in [-0.2, -0.15) is 0 Å². The number of nitrogens with zero attached hydrogens (tertiary/aromatic N) is 1. The maximum absolute atomic E-state index is 12.7. The number of hydrogen-bond donors (Lipinski definition) is 0.